The number of aliphatic hydroxyl groups is 1. The molecule has 1 amide bonds. The van der Waals surface area contributed by atoms with Gasteiger partial charge in [-0.05, 0) is 17.7 Å². The maximum absolute atomic E-state index is 10.8. The highest BCUT2D eigenvalue weighted by atomic mass is 79.9. The van der Waals surface area contributed by atoms with Gasteiger partial charge in [-0.3, -0.25) is 4.79 Å². The fraction of sp³-hybridized carbons (Fsp3) is 0.300. The first-order valence-electron chi connectivity index (χ1n) is 4.27. The lowest BCUT2D eigenvalue weighted by molar-refractivity contribution is -0.120. The Kier molecular flexibility index (Phi) is 4.10. The molecular formula is C10H12BrNO2. The Bertz CT molecular complexity index is 310. The van der Waals surface area contributed by atoms with Gasteiger partial charge in [0, 0.05) is 11.4 Å². The standard InChI is InChI=1S/C10H12BrNO2/c1-7(14)12-10(6-13)8-2-4-9(11)5-3-8/h2-5,10,13H,6H2,1H3,(H,12,14). The second kappa shape index (κ2) is 5.12. The minimum atomic E-state index is -0.319. The Morgan fingerprint density at radius 3 is 2.50 bits per heavy atom. The van der Waals surface area contributed by atoms with E-state index in [0.717, 1.165) is 10.0 Å². The van der Waals surface area contributed by atoms with Crippen LogP contribution in [0.15, 0.2) is 28.7 Å². The number of aliphatic hydroxyl groups excluding tert-OH is 1. The van der Waals surface area contributed by atoms with Crippen LogP contribution in [-0.2, 0) is 4.79 Å². The van der Waals surface area contributed by atoms with Crippen LogP contribution in [0.1, 0.15) is 18.5 Å². The minimum Gasteiger partial charge on any atom is -0.394 e. The van der Waals surface area contributed by atoms with E-state index < -0.39 is 0 Å². The van der Waals surface area contributed by atoms with Crippen LogP contribution in [0.25, 0.3) is 0 Å². The summed E-state index contributed by atoms with van der Waals surface area (Å²) < 4.78 is 0.973. The second-order valence-corrected chi connectivity index (χ2v) is 3.90. The summed E-state index contributed by atoms with van der Waals surface area (Å²) >= 11 is 3.32. The lowest BCUT2D eigenvalue weighted by Gasteiger charge is -2.15. The number of carbonyl (C=O) groups is 1. The molecule has 14 heavy (non-hydrogen) atoms. The lowest BCUT2D eigenvalue weighted by Crippen LogP contribution is -2.28. The molecule has 1 unspecified atom stereocenters. The lowest BCUT2D eigenvalue weighted by atomic mass is 10.1. The van der Waals surface area contributed by atoms with E-state index in [4.69, 9.17) is 5.11 Å². The van der Waals surface area contributed by atoms with Crippen molar-refractivity contribution in [2.24, 2.45) is 0 Å². The third-order valence-corrected chi connectivity index (χ3v) is 2.36. The van der Waals surface area contributed by atoms with Crippen molar-refractivity contribution < 1.29 is 9.90 Å². The molecule has 2 N–H and O–H groups in total. The van der Waals surface area contributed by atoms with Crippen LogP contribution in [0.3, 0.4) is 0 Å². The van der Waals surface area contributed by atoms with Crippen LogP contribution in [0.5, 0.6) is 0 Å². The Hall–Kier alpha value is -0.870. The third kappa shape index (κ3) is 3.12. The summed E-state index contributed by atoms with van der Waals surface area (Å²) in [6.07, 6.45) is 0. The quantitative estimate of drug-likeness (QED) is 0.865. The van der Waals surface area contributed by atoms with E-state index in [-0.39, 0.29) is 18.6 Å². The fourth-order valence-corrected chi connectivity index (χ4v) is 1.44. The molecule has 76 valence electrons. The molecule has 0 fully saturated rings. The van der Waals surface area contributed by atoms with E-state index in [9.17, 15) is 4.79 Å². The highest BCUT2D eigenvalue weighted by molar-refractivity contribution is 9.10. The number of rotatable bonds is 3. The highest BCUT2D eigenvalue weighted by Crippen LogP contribution is 2.16. The van der Waals surface area contributed by atoms with Crippen molar-refractivity contribution in [1.29, 1.82) is 0 Å². The smallest absolute Gasteiger partial charge is 0.217 e. The predicted octanol–water partition coefficient (Wildman–Crippen LogP) is 1.62. The zero-order chi connectivity index (χ0) is 10.6. The van der Waals surface area contributed by atoms with Gasteiger partial charge in [-0.2, -0.15) is 0 Å². The van der Waals surface area contributed by atoms with Crippen molar-refractivity contribution in [1.82, 2.24) is 5.32 Å². The van der Waals surface area contributed by atoms with Crippen molar-refractivity contribution in [3.05, 3.63) is 34.3 Å². The molecule has 0 radical (unpaired) electrons. The van der Waals surface area contributed by atoms with Gasteiger partial charge in [-0.25, -0.2) is 0 Å². The van der Waals surface area contributed by atoms with Gasteiger partial charge in [-0.15, -0.1) is 0 Å². The van der Waals surface area contributed by atoms with Crippen molar-refractivity contribution >= 4 is 21.8 Å². The van der Waals surface area contributed by atoms with E-state index in [0.29, 0.717) is 0 Å². The van der Waals surface area contributed by atoms with Crippen molar-refractivity contribution in [2.75, 3.05) is 6.61 Å². The third-order valence-electron chi connectivity index (χ3n) is 1.83. The van der Waals surface area contributed by atoms with Crippen LogP contribution >= 0.6 is 15.9 Å². The van der Waals surface area contributed by atoms with E-state index in [2.05, 4.69) is 21.2 Å². The van der Waals surface area contributed by atoms with Crippen LogP contribution in [0.2, 0.25) is 0 Å². The van der Waals surface area contributed by atoms with Crippen LogP contribution in [0, 0.1) is 0 Å². The fourth-order valence-electron chi connectivity index (χ4n) is 1.17. The first-order chi connectivity index (χ1) is 6.63. The number of halogens is 1. The maximum atomic E-state index is 10.8. The summed E-state index contributed by atoms with van der Waals surface area (Å²) in [5.41, 5.74) is 0.894. The number of carbonyl (C=O) groups excluding carboxylic acids is 1. The van der Waals surface area contributed by atoms with Gasteiger partial charge in [0.15, 0.2) is 0 Å². The molecule has 1 rings (SSSR count). The molecule has 0 heterocycles. The van der Waals surface area contributed by atoms with Crippen LogP contribution < -0.4 is 5.32 Å². The molecular weight excluding hydrogens is 246 g/mol. The summed E-state index contributed by atoms with van der Waals surface area (Å²) in [6, 6.07) is 7.15. The van der Waals surface area contributed by atoms with Gasteiger partial charge >= 0.3 is 0 Å². The predicted molar refractivity (Wildman–Crippen MR) is 57.8 cm³/mol. The largest absolute Gasteiger partial charge is 0.394 e. The SMILES string of the molecule is CC(=O)NC(CO)c1ccc(Br)cc1. The molecule has 1 atom stereocenters. The van der Waals surface area contributed by atoms with Crippen LogP contribution in [0.4, 0.5) is 0 Å². The van der Waals surface area contributed by atoms with E-state index in [1.54, 1.807) is 0 Å². The second-order valence-electron chi connectivity index (χ2n) is 2.99. The summed E-state index contributed by atoms with van der Waals surface area (Å²) in [6.45, 7) is 1.34. The molecule has 0 saturated heterocycles. The van der Waals surface area contributed by atoms with Gasteiger partial charge in [0.25, 0.3) is 0 Å². The first kappa shape index (κ1) is 11.2. The maximum Gasteiger partial charge on any atom is 0.217 e. The minimum absolute atomic E-state index is 0.0960. The molecule has 0 aliphatic rings. The molecule has 0 aromatic heterocycles. The molecule has 0 aliphatic heterocycles. The van der Waals surface area contributed by atoms with Gasteiger partial charge in [0.05, 0.1) is 12.6 Å². The summed E-state index contributed by atoms with van der Waals surface area (Å²) in [7, 11) is 0. The Balaban J connectivity index is 2.78. The van der Waals surface area contributed by atoms with Crippen molar-refractivity contribution in [3.8, 4) is 0 Å². The molecule has 1 aromatic carbocycles. The first-order valence-corrected chi connectivity index (χ1v) is 5.06. The number of amides is 1. The van der Waals surface area contributed by atoms with Gasteiger partial charge in [0.1, 0.15) is 0 Å². The van der Waals surface area contributed by atoms with E-state index in [1.807, 2.05) is 24.3 Å². The van der Waals surface area contributed by atoms with Crippen LogP contribution in [-0.4, -0.2) is 17.6 Å². The molecule has 0 spiro atoms. The topological polar surface area (TPSA) is 49.3 Å². The molecule has 4 heteroatoms. The molecule has 1 aromatic rings. The van der Waals surface area contributed by atoms with Gasteiger partial charge in [-0.1, -0.05) is 28.1 Å². The molecule has 0 bridgehead atoms. The van der Waals surface area contributed by atoms with Crippen molar-refractivity contribution in [3.63, 3.8) is 0 Å². The number of hydrogen-bond acceptors (Lipinski definition) is 2. The summed E-state index contributed by atoms with van der Waals surface area (Å²) in [4.78, 5) is 10.8. The summed E-state index contributed by atoms with van der Waals surface area (Å²) in [5, 5.41) is 11.7. The summed E-state index contributed by atoms with van der Waals surface area (Å²) in [5.74, 6) is -0.146. The average Bonchev–Trinajstić information content (AvgIpc) is 2.15. The normalized spacial score (nSPS) is 12.2. The molecule has 0 aliphatic carbocycles. The average molecular weight is 258 g/mol. The Labute approximate surface area is 91.3 Å². The monoisotopic (exact) mass is 257 g/mol. The van der Waals surface area contributed by atoms with Crippen molar-refractivity contribution in [2.45, 2.75) is 13.0 Å². The zero-order valence-corrected chi connectivity index (χ0v) is 9.41. The van der Waals surface area contributed by atoms with Gasteiger partial charge < -0.3 is 10.4 Å². The zero-order valence-electron chi connectivity index (χ0n) is 7.83. The Morgan fingerprint density at radius 1 is 1.50 bits per heavy atom. The number of hydrogen-bond donors (Lipinski definition) is 2. The number of nitrogens with one attached hydrogen (secondary N) is 1. The molecule has 0 saturated carbocycles. The van der Waals surface area contributed by atoms with Gasteiger partial charge in [0.2, 0.25) is 5.91 Å². The van der Waals surface area contributed by atoms with E-state index >= 15 is 0 Å². The molecule has 3 nitrogen and oxygen atoms in total. The van der Waals surface area contributed by atoms with E-state index in [1.165, 1.54) is 6.92 Å². The Morgan fingerprint density at radius 2 is 2.07 bits per heavy atom. The number of benzene rings is 1. The highest BCUT2D eigenvalue weighted by Gasteiger charge is 2.10.